The molecule has 0 aliphatic carbocycles. The van der Waals surface area contributed by atoms with Gasteiger partial charge < -0.3 is 14.8 Å². The van der Waals surface area contributed by atoms with Crippen LogP contribution in [0.25, 0.3) is 0 Å². The Hall–Kier alpha value is -2.74. The van der Waals surface area contributed by atoms with E-state index in [-0.39, 0.29) is 6.54 Å². The van der Waals surface area contributed by atoms with Crippen molar-refractivity contribution in [1.29, 1.82) is 0 Å². The maximum Gasteiger partial charge on any atom is 0.243 e. The summed E-state index contributed by atoms with van der Waals surface area (Å²) in [7, 11) is -0.572. The molecule has 0 spiro atoms. The van der Waals surface area contributed by atoms with Crippen molar-refractivity contribution in [2.75, 3.05) is 24.8 Å². The van der Waals surface area contributed by atoms with Gasteiger partial charge in [-0.2, -0.15) is 0 Å². The summed E-state index contributed by atoms with van der Waals surface area (Å²) < 4.78 is 36.5. The molecule has 0 unspecified atom stereocenters. The van der Waals surface area contributed by atoms with Gasteiger partial charge in [-0.05, 0) is 61.7 Å². The number of carbonyl (C=O) groups is 1. The molecule has 0 aliphatic heterocycles. The minimum atomic E-state index is -3.66. The van der Waals surface area contributed by atoms with Crippen LogP contribution in [-0.2, 0) is 21.4 Å². The van der Waals surface area contributed by atoms with Gasteiger partial charge in [-0.15, -0.1) is 0 Å². The Balaban J connectivity index is 2.20. The van der Waals surface area contributed by atoms with Crippen LogP contribution in [0.2, 0.25) is 0 Å². The first-order valence-electron chi connectivity index (χ1n) is 9.13. The largest absolute Gasteiger partial charge is 0.493 e. The second kappa shape index (κ2) is 9.17. The number of hydrogen-bond acceptors (Lipinski definition) is 5. The lowest BCUT2D eigenvalue weighted by Gasteiger charge is -2.28. The summed E-state index contributed by atoms with van der Waals surface area (Å²) in [6.45, 7) is 5.65. The molecule has 1 amide bonds. The highest BCUT2D eigenvalue weighted by Gasteiger charge is 2.29. The minimum absolute atomic E-state index is 0.230. The van der Waals surface area contributed by atoms with Crippen LogP contribution in [0.4, 0.5) is 5.69 Å². The Morgan fingerprint density at radius 2 is 1.69 bits per heavy atom. The Kier molecular flexibility index (Phi) is 7.13. The number of hydrogen-bond donors (Lipinski definition) is 1. The molecule has 2 aromatic carbocycles. The molecule has 0 fully saturated rings. The summed E-state index contributed by atoms with van der Waals surface area (Å²) in [5, 5.41) is 2.79. The van der Waals surface area contributed by atoms with E-state index in [2.05, 4.69) is 5.32 Å². The molecule has 0 radical (unpaired) electrons. The molecule has 7 nitrogen and oxygen atoms in total. The van der Waals surface area contributed by atoms with Gasteiger partial charge in [0.1, 0.15) is 6.04 Å². The molecule has 8 heteroatoms. The normalized spacial score (nSPS) is 12.2. The second-order valence-corrected chi connectivity index (χ2v) is 8.77. The molecular weight excluding hydrogens is 392 g/mol. The maximum atomic E-state index is 12.7. The number of carbonyl (C=O) groups excluding carboxylic acids is 1. The average molecular weight is 421 g/mol. The van der Waals surface area contributed by atoms with E-state index in [4.69, 9.17) is 9.47 Å². The highest BCUT2D eigenvalue weighted by molar-refractivity contribution is 7.92. The van der Waals surface area contributed by atoms with Gasteiger partial charge >= 0.3 is 0 Å². The van der Waals surface area contributed by atoms with Gasteiger partial charge in [0, 0.05) is 6.54 Å². The van der Waals surface area contributed by atoms with Crippen LogP contribution in [0.1, 0.15) is 23.6 Å². The summed E-state index contributed by atoms with van der Waals surface area (Å²) in [6.07, 6.45) is 1.10. The highest BCUT2D eigenvalue weighted by atomic mass is 32.2. The van der Waals surface area contributed by atoms with E-state index in [0.717, 1.165) is 27.3 Å². The summed E-state index contributed by atoms with van der Waals surface area (Å²) in [5.74, 6) is 0.748. The predicted octanol–water partition coefficient (Wildman–Crippen LogP) is 2.79. The number of benzene rings is 2. The van der Waals surface area contributed by atoms with Crippen LogP contribution in [0.15, 0.2) is 36.4 Å². The number of rotatable bonds is 8. The number of anilines is 1. The van der Waals surface area contributed by atoms with Crippen LogP contribution in [0.5, 0.6) is 11.5 Å². The lowest BCUT2D eigenvalue weighted by atomic mass is 10.1. The first-order chi connectivity index (χ1) is 13.6. The van der Waals surface area contributed by atoms with Gasteiger partial charge in [0.15, 0.2) is 11.5 Å². The smallest absolute Gasteiger partial charge is 0.243 e. The quantitative estimate of drug-likeness (QED) is 0.710. The van der Waals surface area contributed by atoms with E-state index >= 15 is 0 Å². The molecule has 1 N–H and O–H groups in total. The van der Waals surface area contributed by atoms with Crippen molar-refractivity contribution < 1.29 is 22.7 Å². The first-order valence-corrected chi connectivity index (χ1v) is 11.0. The number of aryl methyl sites for hydroxylation is 2. The zero-order valence-corrected chi connectivity index (χ0v) is 18.5. The molecule has 158 valence electrons. The van der Waals surface area contributed by atoms with Crippen molar-refractivity contribution in [2.24, 2.45) is 0 Å². The van der Waals surface area contributed by atoms with Gasteiger partial charge in [0.2, 0.25) is 15.9 Å². The summed E-state index contributed by atoms with van der Waals surface area (Å²) in [6, 6.07) is 9.74. The van der Waals surface area contributed by atoms with Crippen molar-refractivity contribution >= 4 is 21.6 Å². The molecule has 0 aromatic heterocycles. The lowest BCUT2D eigenvalue weighted by Crippen LogP contribution is -2.47. The minimum Gasteiger partial charge on any atom is -0.493 e. The predicted molar refractivity (Wildman–Crippen MR) is 114 cm³/mol. The first kappa shape index (κ1) is 22.5. The molecule has 1 atom stereocenters. The third-order valence-electron chi connectivity index (χ3n) is 4.75. The van der Waals surface area contributed by atoms with Crippen molar-refractivity contribution in [2.45, 2.75) is 33.4 Å². The Morgan fingerprint density at radius 3 is 2.24 bits per heavy atom. The topological polar surface area (TPSA) is 84.9 Å². The zero-order valence-electron chi connectivity index (χ0n) is 17.6. The van der Waals surface area contributed by atoms with Crippen LogP contribution in [0, 0.1) is 13.8 Å². The van der Waals surface area contributed by atoms with E-state index < -0.39 is 22.0 Å². The fourth-order valence-electron chi connectivity index (χ4n) is 3.00. The van der Waals surface area contributed by atoms with E-state index in [0.29, 0.717) is 17.2 Å². The highest BCUT2D eigenvalue weighted by Crippen LogP contribution is 2.27. The molecule has 2 aromatic rings. The molecule has 0 bridgehead atoms. The van der Waals surface area contributed by atoms with Crippen molar-refractivity contribution in [1.82, 2.24) is 5.32 Å². The molecule has 29 heavy (non-hydrogen) atoms. The molecular formula is C21H28N2O5S. The SMILES string of the molecule is COc1ccc(CNC(=O)[C@H](C)N(c2ccc(C)c(C)c2)S(C)(=O)=O)cc1OC. The van der Waals surface area contributed by atoms with Gasteiger partial charge in [0.05, 0.1) is 26.2 Å². The molecule has 2 rings (SSSR count). The van der Waals surface area contributed by atoms with Gasteiger partial charge in [-0.3, -0.25) is 9.10 Å². The van der Waals surface area contributed by atoms with Crippen LogP contribution >= 0.6 is 0 Å². The van der Waals surface area contributed by atoms with E-state index in [1.165, 1.54) is 7.11 Å². The van der Waals surface area contributed by atoms with Crippen molar-refractivity contribution in [3.8, 4) is 11.5 Å². The standard InChI is InChI=1S/C21H28N2O5S/c1-14-7-9-18(11-15(14)2)23(29(6,25)26)16(3)21(24)22-13-17-8-10-19(27-4)20(12-17)28-5/h7-12,16H,13H2,1-6H3,(H,22,24)/t16-/m0/s1. The maximum absolute atomic E-state index is 12.7. The third-order valence-corrected chi connectivity index (χ3v) is 5.99. The summed E-state index contributed by atoms with van der Waals surface area (Å²) in [5.41, 5.74) is 3.27. The molecule has 0 heterocycles. The number of amides is 1. The summed E-state index contributed by atoms with van der Waals surface area (Å²) in [4.78, 5) is 12.7. The van der Waals surface area contributed by atoms with Gasteiger partial charge in [-0.1, -0.05) is 12.1 Å². The number of ether oxygens (including phenoxy) is 2. The second-order valence-electron chi connectivity index (χ2n) is 6.91. The van der Waals surface area contributed by atoms with Crippen LogP contribution in [-0.4, -0.2) is 40.8 Å². The average Bonchev–Trinajstić information content (AvgIpc) is 2.67. The van der Waals surface area contributed by atoms with Crippen LogP contribution < -0.4 is 19.1 Å². The van der Waals surface area contributed by atoms with Crippen molar-refractivity contribution in [3.05, 3.63) is 53.1 Å². The van der Waals surface area contributed by atoms with E-state index in [1.54, 1.807) is 38.3 Å². The summed E-state index contributed by atoms with van der Waals surface area (Å²) >= 11 is 0. The number of nitrogens with zero attached hydrogens (tertiary/aromatic N) is 1. The lowest BCUT2D eigenvalue weighted by molar-refractivity contribution is -0.122. The van der Waals surface area contributed by atoms with E-state index in [1.807, 2.05) is 26.0 Å². The zero-order chi connectivity index (χ0) is 21.8. The molecule has 0 aliphatic rings. The van der Waals surface area contributed by atoms with Crippen LogP contribution in [0.3, 0.4) is 0 Å². The fraction of sp³-hybridized carbons (Fsp3) is 0.381. The molecule has 0 saturated carbocycles. The Labute approximate surface area is 172 Å². The van der Waals surface area contributed by atoms with Gasteiger partial charge in [0.25, 0.3) is 0 Å². The molecule has 0 saturated heterocycles. The fourth-order valence-corrected chi connectivity index (χ4v) is 4.17. The number of sulfonamides is 1. The van der Waals surface area contributed by atoms with E-state index in [9.17, 15) is 13.2 Å². The Bertz CT molecular complexity index is 989. The van der Waals surface area contributed by atoms with Gasteiger partial charge in [-0.25, -0.2) is 8.42 Å². The number of methoxy groups -OCH3 is 2. The Morgan fingerprint density at radius 1 is 1.03 bits per heavy atom. The monoisotopic (exact) mass is 420 g/mol. The number of nitrogens with one attached hydrogen (secondary N) is 1. The van der Waals surface area contributed by atoms with Crippen molar-refractivity contribution in [3.63, 3.8) is 0 Å². The third kappa shape index (κ3) is 5.41.